The van der Waals surface area contributed by atoms with Gasteiger partial charge in [0.15, 0.2) is 0 Å². The molecule has 0 aliphatic carbocycles. The molecule has 1 aromatic heterocycles. The second-order valence-electron chi connectivity index (χ2n) is 7.95. The molecular weight excluding hydrogens is 471 g/mol. The summed E-state index contributed by atoms with van der Waals surface area (Å²) < 4.78 is 73.1. The van der Waals surface area contributed by atoms with Crippen molar-refractivity contribution in [1.82, 2.24) is 9.78 Å². The molecule has 2 heterocycles. The van der Waals surface area contributed by atoms with Crippen molar-refractivity contribution >= 4 is 21.6 Å². The fourth-order valence-corrected chi connectivity index (χ4v) is 6.40. The average Bonchev–Trinajstić information content (AvgIpc) is 3.43. The Hall–Kier alpha value is -3.34. The van der Waals surface area contributed by atoms with Crippen molar-refractivity contribution in [2.45, 2.75) is 35.7 Å². The van der Waals surface area contributed by atoms with E-state index in [9.17, 15) is 26.4 Å². The zero-order chi connectivity index (χ0) is 24.7. The lowest BCUT2D eigenvalue weighted by molar-refractivity contribution is -0.143. The number of esters is 1. The summed E-state index contributed by atoms with van der Waals surface area (Å²) in [5.74, 6) is -0.675. The van der Waals surface area contributed by atoms with Gasteiger partial charge in [0.05, 0.1) is 29.0 Å². The van der Waals surface area contributed by atoms with Gasteiger partial charge in [-0.25, -0.2) is 17.9 Å². The summed E-state index contributed by atoms with van der Waals surface area (Å²) in [6.07, 6.45) is -4.15. The van der Waals surface area contributed by atoms with Gasteiger partial charge < -0.3 is 9.64 Å². The number of hydrogen-bond acceptors (Lipinski definition) is 6. The Bertz CT molecular complexity index is 1310. The van der Waals surface area contributed by atoms with E-state index >= 15 is 0 Å². The van der Waals surface area contributed by atoms with Crippen LogP contribution >= 0.6 is 0 Å². The minimum Gasteiger partial charge on any atom is -0.466 e. The van der Waals surface area contributed by atoms with Crippen molar-refractivity contribution in [3.63, 3.8) is 0 Å². The number of hydrogen-bond donors (Lipinski definition) is 0. The number of rotatable bonds is 5. The zero-order valence-electron chi connectivity index (χ0n) is 18.4. The molecule has 0 N–H and O–H groups in total. The van der Waals surface area contributed by atoms with Gasteiger partial charge >= 0.3 is 12.1 Å². The maximum absolute atomic E-state index is 13.9. The molecule has 1 saturated heterocycles. The average molecular weight is 494 g/mol. The van der Waals surface area contributed by atoms with E-state index in [1.54, 1.807) is 31.2 Å². The van der Waals surface area contributed by atoms with Crippen molar-refractivity contribution < 1.29 is 31.1 Å². The maximum Gasteiger partial charge on any atom is 0.416 e. The smallest absolute Gasteiger partial charge is 0.416 e. The highest BCUT2D eigenvalue weighted by Crippen LogP contribution is 2.43. The third-order valence-electron chi connectivity index (χ3n) is 5.86. The highest BCUT2D eigenvalue weighted by molar-refractivity contribution is 7.93. The van der Waals surface area contributed by atoms with Gasteiger partial charge in [0.1, 0.15) is 5.82 Å². The molecule has 34 heavy (non-hydrogen) atoms. The van der Waals surface area contributed by atoms with Crippen LogP contribution < -0.4 is 4.90 Å². The van der Waals surface area contributed by atoms with Crippen LogP contribution in [-0.4, -0.2) is 42.7 Å². The van der Waals surface area contributed by atoms with E-state index in [0.29, 0.717) is 17.8 Å². The van der Waals surface area contributed by atoms with Gasteiger partial charge in [-0.05, 0) is 56.2 Å². The quantitative estimate of drug-likeness (QED) is 0.497. The van der Waals surface area contributed by atoms with Crippen LogP contribution in [0, 0.1) is 6.92 Å². The highest BCUT2D eigenvalue weighted by Gasteiger charge is 2.60. The second-order valence-corrected chi connectivity index (χ2v) is 10.1. The summed E-state index contributed by atoms with van der Waals surface area (Å²) in [7, 11) is -3.14. The Labute approximate surface area is 194 Å². The van der Waals surface area contributed by atoms with E-state index in [1.165, 1.54) is 33.8 Å². The van der Waals surface area contributed by atoms with Gasteiger partial charge in [0.2, 0.25) is 14.7 Å². The lowest BCUT2D eigenvalue weighted by atomic mass is 10.2. The molecule has 7 nitrogen and oxygen atoms in total. The summed E-state index contributed by atoms with van der Waals surface area (Å²) in [6.45, 7) is 1.87. The van der Waals surface area contributed by atoms with E-state index in [0.717, 1.165) is 19.2 Å². The molecule has 3 aromatic rings. The van der Waals surface area contributed by atoms with Crippen molar-refractivity contribution in [1.29, 1.82) is 0 Å². The number of carbonyl (C=O) groups is 1. The van der Waals surface area contributed by atoms with Gasteiger partial charge in [-0.1, -0.05) is 18.2 Å². The Morgan fingerprint density at radius 3 is 2.32 bits per heavy atom. The number of sulfone groups is 1. The molecule has 1 aliphatic rings. The van der Waals surface area contributed by atoms with Crippen molar-refractivity contribution in [3.05, 3.63) is 71.9 Å². The molecule has 0 radical (unpaired) electrons. The predicted octanol–water partition coefficient (Wildman–Crippen LogP) is 4.14. The Kier molecular flexibility index (Phi) is 5.92. The van der Waals surface area contributed by atoms with Gasteiger partial charge in [0, 0.05) is 12.6 Å². The first-order valence-electron chi connectivity index (χ1n) is 10.4. The summed E-state index contributed by atoms with van der Waals surface area (Å²) in [5, 5.41) is 4.37. The van der Waals surface area contributed by atoms with Crippen LogP contribution in [0.3, 0.4) is 0 Å². The van der Waals surface area contributed by atoms with Gasteiger partial charge in [0.25, 0.3) is 0 Å². The Balaban J connectivity index is 1.88. The number of halogens is 3. The van der Waals surface area contributed by atoms with Gasteiger partial charge in [-0.2, -0.15) is 18.3 Å². The van der Waals surface area contributed by atoms with Crippen LogP contribution in [0.15, 0.2) is 65.6 Å². The van der Waals surface area contributed by atoms with Crippen LogP contribution in [0.2, 0.25) is 0 Å². The third kappa shape index (κ3) is 3.73. The molecule has 1 fully saturated rings. The summed E-state index contributed by atoms with van der Waals surface area (Å²) in [6, 6.07) is 13.6. The maximum atomic E-state index is 13.9. The number of benzene rings is 2. The molecule has 0 bridgehead atoms. The van der Waals surface area contributed by atoms with E-state index in [-0.39, 0.29) is 23.7 Å². The van der Waals surface area contributed by atoms with Crippen LogP contribution in [0.4, 0.5) is 19.0 Å². The molecule has 180 valence electrons. The summed E-state index contributed by atoms with van der Waals surface area (Å²) >= 11 is 0. The predicted molar refractivity (Wildman–Crippen MR) is 118 cm³/mol. The number of aromatic nitrogens is 2. The standard InChI is InChI=1S/C23H22F3N3O4S/c1-16-15-20(29(27-16)18-11-9-17(10-12-18)23(24,25)26)28-14-6-13-22(28,21(30)33-2)34(31,32)19-7-4-3-5-8-19/h3-5,7-12,15H,6,13-14H2,1-2H3/t22-/m0/s1. The molecule has 0 saturated carbocycles. The van der Waals surface area contributed by atoms with Gasteiger partial charge in [-0.15, -0.1) is 0 Å². The van der Waals surface area contributed by atoms with E-state index in [1.807, 2.05) is 0 Å². The fraction of sp³-hybridized carbons (Fsp3) is 0.304. The van der Waals surface area contributed by atoms with E-state index < -0.39 is 32.4 Å². The molecular formula is C23H22F3N3O4S. The van der Waals surface area contributed by atoms with Crippen LogP contribution in [0.5, 0.6) is 0 Å². The molecule has 11 heteroatoms. The Morgan fingerprint density at radius 1 is 1.09 bits per heavy atom. The Morgan fingerprint density at radius 2 is 1.74 bits per heavy atom. The summed E-state index contributed by atoms with van der Waals surface area (Å²) in [4.78, 5) is 12.5. The number of alkyl halides is 3. The second kappa shape index (κ2) is 8.46. The number of anilines is 1. The van der Waals surface area contributed by atoms with E-state index in [4.69, 9.17) is 4.74 Å². The fourth-order valence-electron chi connectivity index (χ4n) is 4.31. The molecule has 2 aromatic carbocycles. The molecule has 1 atom stereocenters. The largest absolute Gasteiger partial charge is 0.466 e. The van der Waals surface area contributed by atoms with Crippen molar-refractivity contribution in [3.8, 4) is 5.69 Å². The van der Waals surface area contributed by atoms with E-state index in [2.05, 4.69) is 5.10 Å². The van der Waals surface area contributed by atoms with Crippen LogP contribution in [0.1, 0.15) is 24.1 Å². The lowest BCUT2D eigenvalue weighted by Crippen LogP contribution is -2.57. The number of methoxy groups -OCH3 is 1. The topological polar surface area (TPSA) is 81.5 Å². The first-order valence-corrected chi connectivity index (χ1v) is 11.9. The normalized spacial score (nSPS) is 18.8. The molecule has 1 aliphatic heterocycles. The third-order valence-corrected chi connectivity index (χ3v) is 8.24. The SMILES string of the molecule is COC(=O)[C@@]1(S(=O)(=O)c2ccccc2)CCCN1c1cc(C)nn1-c1ccc(C(F)(F)F)cc1. The van der Waals surface area contributed by atoms with Crippen LogP contribution in [0.25, 0.3) is 5.69 Å². The minimum atomic E-state index is -4.50. The minimum absolute atomic E-state index is 0.0197. The van der Waals surface area contributed by atoms with Gasteiger partial charge in [-0.3, -0.25) is 0 Å². The van der Waals surface area contributed by atoms with Crippen LogP contribution in [-0.2, 0) is 25.5 Å². The zero-order valence-corrected chi connectivity index (χ0v) is 19.2. The highest BCUT2D eigenvalue weighted by atomic mass is 32.2. The van der Waals surface area contributed by atoms with Crippen molar-refractivity contribution in [2.24, 2.45) is 0 Å². The number of aryl methyl sites for hydroxylation is 1. The summed E-state index contributed by atoms with van der Waals surface area (Å²) in [5.41, 5.74) is -0.0324. The monoisotopic (exact) mass is 493 g/mol. The number of carbonyl (C=O) groups excluding carboxylic acids is 1. The van der Waals surface area contributed by atoms with Crippen molar-refractivity contribution in [2.75, 3.05) is 18.6 Å². The number of nitrogens with zero attached hydrogens (tertiary/aromatic N) is 3. The molecule has 0 unspecified atom stereocenters. The first-order chi connectivity index (χ1) is 16.0. The number of ether oxygens (including phenoxy) is 1. The molecule has 0 spiro atoms. The molecule has 0 amide bonds. The molecule has 4 rings (SSSR count). The first kappa shape index (κ1) is 23.8. The lowest BCUT2D eigenvalue weighted by Gasteiger charge is -2.36.